The Hall–Kier alpha value is -1.79. The first kappa shape index (κ1) is 18.0. The van der Waals surface area contributed by atoms with Crippen molar-refractivity contribution in [2.24, 2.45) is 0 Å². The predicted octanol–water partition coefficient (Wildman–Crippen LogP) is 4.34. The number of carbonyl (C=O) groups is 1. The Bertz CT molecular complexity index is 757. The number of halogens is 2. The molecule has 0 aliphatic carbocycles. The fraction of sp³-hybridized carbons (Fsp3) is 0.471. The van der Waals surface area contributed by atoms with Gasteiger partial charge in [-0.3, -0.25) is 0 Å². The molecule has 1 aromatic heterocycles. The molecule has 0 radical (unpaired) electrons. The number of aromatic nitrogens is 2. The Morgan fingerprint density at radius 1 is 1.36 bits per heavy atom. The number of likely N-dealkylation sites (tertiary alicyclic amines) is 1. The van der Waals surface area contributed by atoms with Crippen molar-refractivity contribution in [3.8, 4) is 0 Å². The van der Waals surface area contributed by atoms with Crippen molar-refractivity contribution < 1.29 is 9.32 Å². The largest absolute Gasteiger partial charge is 0.339 e. The molecule has 0 bridgehead atoms. The molecular formula is C17H20Cl2N4O2. The molecule has 1 fully saturated rings. The van der Waals surface area contributed by atoms with E-state index in [2.05, 4.69) is 15.5 Å². The number of hydrogen-bond donors (Lipinski definition) is 1. The number of hydrogen-bond acceptors (Lipinski definition) is 4. The Labute approximate surface area is 156 Å². The van der Waals surface area contributed by atoms with Gasteiger partial charge in [0.25, 0.3) is 0 Å². The minimum absolute atomic E-state index is 0.108. The van der Waals surface area contributed by atoms with Gasteiger partial charge in [0, 0.05) is 19.0 Å². The van der Waals surface area contributed by atoms with Gasteiger partial charge in [-0.25, -0.2) is 4.79 Å². The zero-order valence-electron chi connectivity index (χ0n) is 14.1. The molecule has 25 heavy (non-hydrogen) atoms. The molecule has 1 aliphatic rings. The topological polar surface area (TPSA) is 71.3 Å². The maximum absolute atomic E-state index is 12.5. The molecule has 2 heterocycles. The fourth-order valence-corrected chi connectivity index (χ4v) is 3.49. The molecule has 1 aromatic carbocycles. The molecule has 1 N–H and O–H groups in total. The minimum Gasteiger partial charge on any atom is -0.339 e. The number of aryl methyl sites for hydroxylation is 1. The zero-order chi connectivity index (χ0) is 18.0. The Morgan fingerprint density at radius 3 is 2.72 bits per heavy atom. The van der Waals surface area contributed by atoms with E-state index in [0.717, 1.165) is 18.4 Å². The van der Waals surface area contributed by atoms with E-state index in [9.17, 15) is 4.79 Å². The first-order valence-corrected chi connectivity index (χ1v) is 9.01. The van der Waals surface area contributed by atoms with Crippen LogP contribution in [0.5, 0.6) is 0 Å². The summed E-state index contributed by atoms with van der Waals surface area (Å²) < 4.78 is 5.24. The van der Waals surface area contributed by atoms with Crippen molar-refractivity contribution in [1.82, 2.24) is 20.4 Å². The number of urea groups is 1. The lowest BCUT2D eigenvalue weighted by Gasteiger charge is -2.31. The maximum atomic E-state index is 12.5. The van der Waals surface area contributed by atoms with Crippen LogP contribution in [0.25, 0.3) is 0 Å². The minimum atomic E-state index is -0.227. The third-order valence-electron chi connectivity index (χ3n) is 4.46. The molecule has 1 unspecified atom stereocenters. The van der Waals surface area contributed by atoms with Gasteiger partial charge >= 0.3 is 6.03 Å². The summed E-state index contributed by atoms with van der Waals surface area (Å²) in [4.78, 5) is 18.6. The monoisotopic (exact) mass is 382 g/mol. The lowest BCUT2D eigenvalue weighted by atomic mass is 9.97. The van der Waals surface area contributed by atoms with Crippen molar-refractivity contribution >= 4 is 29.2 Å². The van der Waals surface area contributed by atoms with Gasteiger partial charge < -0.3 is 14.7 Å². The van der Waals surface area contributed by atoms with Crippen molar-refractivity contribution in [3.05, 3.63) is 45.5 Å². The van der Waals surface area contributed by atoms with Crippen LogP contribution < -0.4 is 5.32 Å². The normalized spacial score (nSPS) is 16.7. The SMILES string of the molecule is Cc1noc(C2CCN(C(=O)NC(C)c3cccc(Cl)c3Cl)CC2)n1. The van der Waals surface area contributed by atoms with Gasteiger partial charge in [0.2, 0.25) is 5.89 Å². The van der Waals surface area contributed by atoms with Crippen molar-refractivity contribution in [2.75, 3.05) is 13.1 Å². The first-order chi connectivity index (χ1) is 12.0. The summed E-state index contributed by atoms with van der Waals surface area (Å²) in [6, 6.07) is 5.08. The summed E-state index contributed by atoms with van der Waals surface area (Å²) in [5.74, 6) is 1.52. The molecular weight excluding hydrogens is 363 g/mol. The quantitative estimate of drug-likeness (QED) is 0.856. The van der Waals surface area contributed by atoms with Crippen LogP contribution in [-0.4, -0.2) is 34.2 Å². The molecule has 0 spiro atoms. The van der Waals surface area contributed by atoms with E-state index in [-0.39, 0.29) is 18.0 Å². The summed E-state index contributed by atoms with van der Waals surface area (Å²) in [5.41, 5.74) is 0.804. The van der Waals surface area contributed by atoms with Gasteiger partial charge in [-0.15, -0.1) is 0 Å². The summed E-state index contributed by atoms with van der Waals surface area (Å²) in [5, 5.41) is 7.77. The Morgan fingerprint density at radius 2 is 2.08 bits per heavy atom. The Kier molecular flexibility index (Phi) is 5.49. The lowest BCUT2D eigenvalue weighted by Crippen LogP contribution is -2.44. The standard InChI is InChI=1S/C17H20Cl2N4O2/c1-10(13-4-3-5-14(18)15(13)19)20-17(24)23-8-6-12(7-9-23)16-21-11(2)22-25-16/h3-5,10,12H,6-9H2,1-2H3,(H,20,24). The number of nitrogens with one attached hydrogen (secondary N) is 1. The summed E-state index contributed by atoms with van der Waals surface area (Å²) in [7, 11) is 0. The number of carbonyl (C=O) groups excluding carboxylic acids is 1. The van der Waals surface area contributed by atoms with Crippen LogP contribution in [-0.2, 0) is 0 Å². The molecule has 134 valence electrons. The molecule has 3 rings (SSSR count). The first-order valence-electron chi connectivity index (χ1n) is 8.25. The van der Waals surface area contributed by atoms with E-state index in [0.29, 0.717) is 34.8 Å². The second kappa shape index (κ2) is 7.62. The molecule has 1 atom stereocenters. The highest BCUT2D eigenvalue weighted by atomic mass is 35.5. The smallest absolute Gasteiger partial charge is 0.317 e. The van der Waals surface area contributed by atoms with Gasteiger partial charge in [-0.2, -0.15) is 4.98 Å². The van der Waals surface area contributed by atoms with Crippen LogP contribution in [0, 0.1) is 6.92 Å². The van der Waals surface area contributed by atoms with E-state index < -0.39 is 0 Å². The average Bonchev–Trinajstić information content (AvgIpc) is 3.04. The highest BCUT2D eigenvalue weighted by Crippen LogP contribution is 2.30. The molecule has 1 saturated heterocycles. The fourth-order valence-electron chi connectivity index (χ4n) is 3.02. The zero-order valence-corrected chi connectivity index (χ0v) is 15.6. The van der Waals surface area contributed by atoms with Crippen LogP contribution >= 0.6 is 23.2 Å². The van der Waals surface area contributed by atoms with E-state index in [1.165, 1.54) is 0 Å². The maximum Gasteiger partial charge on any atom is 0.317 e. The van der Waals surface area contributed by atoms with Crippen molar-refractivity contribution in [3.63, 3.8) is 0 Å². The Balaban J connectivity index is 1.56. The molecule has 2 amide bonds. The van der Waals surface area contributed by atoms with Crippen LogP contribution in [0.3, 0.4) is 0 Å². The molecule has 1 aliphatic heterocycles. The average molecular weight is 383 g/mol. The van der Waals surface area contributed by atoms with E-state index in [4.69, 9.17) is 27.7 Å². The molecule has 2 aromatic rings. The number of rotatable bonds is 3. The molecule has 0 saturated carbocycles. The second-order valence-corrected chi connectivity index (χ2v) is 7.04. The number of benzene rings is 1. The lowest BCUT2D eigenvalue weighted by molar-refractivity contribution is 0.172. The summed E-state index contributed by atoms with van der Waals surface area (Å²) in [6.45, 7) is 4.99. The third kappa shape index (κ3) is 4.07. The van der Waals surface area contributed by atoms with Gasteiger partial charge in [0.05, 0.1) is 16.1 Å². The number of amides is 2. The number of piperidine rings is 1. The highest BCUT2D eigenvalue weighted by molar-refractivity contribution is 6.42. The van der Waals surface area contributed by atoms with Gasteiger partial charge in [0.15, 0.2) is 5.82 Å². The van der Waals surface area contributed by atoms with Crippen molar-refractivity contribution in [2.45, 2.75) is 38.6 Å². The van der Waals surface area contributed by atoms with Crippen LogP contribution in [0.4, 0.5) is 4.79 Å². The van der Waals surface area contributed by atoms with Gasteiger partial charge in [0.1, 0.15) is 0 Å². The third-order valence-corrected chi connectivity index (χ3v) is 5.30. The van der Waals surface area contributed by atoms with E-state index in [1.807, 2.05) is 19.1 Å². The van der Waals surface area contributed by atoms with Crippen LogP contribution in [0.2, 0.25) is 10.0 Å². The number of nitrogens with zero attached hydrogens (tertiary/aromatic N) is 3. The molecule has 8 heteroatoms. The van der Waals surface area contributed by atoms with Crippen LogP contribution in [0.15, 0.2) is 22.7 Å². The van der Waals surface area contributed by atoms with Gasteiger partial charge in [-0.05, 0) is 38.3 Å². The van der Waals surface area contributed by atoms with Crippen molar-refractivity contribution in [1.29, 1.82) is 0 Å². The second-order valence-electron chi connectivity index (χ2n) is 6.26. The van der Waals surface area contributed by atoms with E-state index >= 15 is 0 Å². The molecule has 6 nitrogen and oxygen atoms in total. The summed E-state index contributed by atoms with van der Waals surface area (Å²) >= 11 is 12.3. The predicted molar refractivity (Wildman–Crippen MR) is 96.0 cm³/mol. The summed E-state index contributed by atoms with van der Waals surface area (Å²) in [6.07, 6.45) is 1.61. The van der Waals surface area contributed by atoms with Crippen LogP contribution in [0.1, 0.15) is 49.0 Å². The highest BCUT2D eigenvalue weighted by Gasteiger charge is 2.28. The van der Waals surface area contributed by atoms with E-state index in [1.54, 1.807) is 17.9 Å². The van der Waals surface area contributed by atoms with Gasteiger partial charge in [-0.1, -0.05) is 40.5 Å².